The van der Waals surface area contributed by atoms with Crippen molar-refractivity contribution < 1.29 is 19.1 Å². The highest BCUT2D eigenvalue weighted by Gasteiger charge is 2.16. The van der Waals surface area contributed by atoms with Gasteiger partial charge in [0.2, 0.25) is 0 Å². The van der Waals surface area contributed by atoms with E-state index >= 15 is 0 Å². The molecule has 128 valence electrons. The summed E-state index contributed by atoms with van der Waals surface area (Å²) in [6, 6.07) is 11.2. The normalized spacial score (nSPS) is 12.4. The molecular weight excluding hydrogens is 324 g/mol. The molecule has 4 amide bonds. The molecule has 2 aromatic rings. The zero-order valence-electron chi connectivity index (χ0n) is 13.2. The van der Waals surface area contributed by atoms with Crippen LogP contribution in [-0.2, 0) is 11.3 Å². The van der Waals surface area contributed by atoms with Crippen LogP contribution in [-0.4, -0.2) is 24.5 Å². The van der Waals surface area contributed by atoms with E-state index in [-0.39, 0.29) is 18.4 Å². The number of anilines is 2. The van der Waals surface area contributed by atoms with Crippen LogP contribution in [0.15, 0.2) is 42.5 Å². The van der Waals surface area contributed by atoms with Crippen molar-refractivity contribution in [1.29, 1.82) is 0 Å². The van der Waals surface area contributed by atoms with Crippen molar-refractivity contribution in [3.63, 3.8) is 0 Å². The van der Waals surface area contributed by atoms with Crippen molar-refractivity contribution in [1.82, 2.24) is 5.32 Å². The summed E-state index contributed by atoms with van der Waals surface area (Å²) in [5.41, 5.74) is 7.35. The van der Waals surface area contributed by atoms with E-state index in [9.17, 15) is 14.4 Å². The minimum atomic E-state index is -0.606. The topological polar surface area (TPSA) is 123 Å². The van der Waals surface area contributed by atoms with Gasteiger partial charge in [-0.2, -0.15) is 0 Å². The third-order valence-electron chi connectivity index (χ3n) is 3.55. The standard InChI is InChI=1S/C17H16N4O4/c18-17(24)19-8-10-1-3-11(4-2-10)16(23)20-12-5-6-14-13(7-12)21-15(22)9-25-14/h1-7H,8-9H2,(H,20,23)(H,21,22)(H3,18,19,24). The summed E-state index contributed by atoms with van der Waals surface area (Å²) in [4.78, 5) is 34.3. The first-order chi connectivity index (χ1) is 12.0. The highest BCUT2D eigenvalue weighted by Crippen LogP contribution is 2.30. The van der Waals surface area contributed by atoms with Crippen LogP contribution in [0.4, 0.5) is 16.2 Å². The highest BCUT2D eigenvalue weighted by atomic mass is 16.5. The molecule has 0 fully saturated rings. The van der Waals surface area contributed by atoms with Gasteiger partial charge in [-0.3, -0.25) is 9.59 Å². The van der Waals surface area contributed by atoms with Gasteiger partial charge in [-0.25, -0.2) is 4.79 Å². The number of fused-ring (bicyclic) bond motifs is 1. The van der Waals surface area contributed by atoms with Gasteiger partial charge in [-0.05, 0) is 35.9 Å². The molecule has 0 unspecified atom stereocenters. The SMILES string of the molecule is NC(=O)NCc1ccc(C(=O)Nc2ccc3c(c2)NC(=O)CO3)cc1. The number of rotatable bonds is 4. The Morgan fingerprint density at radius 2 is 1.92 bits per heavy atom. The molecule has 0 spiro atoms. The Bertz CT molecular complexity index is 833. The monoisotopic (exact) mass is 340 g/mol. The molecule has 0 saturated heterocycles. The van der Waals surface area contributed by atoms with Crippen LogP contribution in [0.5, 0.6) is 5.75 Å². The fourth-order valence-electron chi connectivity index (χ4n) is 2.33. The van der Waals surface area contributed by atoms with Gasteiger partial charge in [0, 0.05) is 17.8 Å². The van der Waals surface area contributed by atoms with E-state index in [1.807, 2.05) is 0 Å². The molecule has 0 atom stereocenters. The summed E-state index contributed by atoms with van der Waals surface area (Å²) in [5, 5.41) is 7.92. The lowest BCUT2D eigenvalue weighted by atomic mass is 10.1. The number of hydrogen-bond donors (Lipinski definition) is 4. The number of nitrogens with one attached hydrogen (secondary N) is 3. The van der Waals surface area contributed by atoms with Crippen molar-refractivity contribution in [2.75, 3.05) is 17.2 Å². The Hall–Kier alpha value is -3.55. The van der Waals surface area contributed by atoms with Gasteiger partial charge in [0.05, 0.1) is 5.69 Å². The first-order valence-electron chi connectivity index (χ1n) is 7.51. The van der Waals surface area contributed by atoms with E-state index in [0.29, 0.717) is 29.2 Å². The molecule has 3 rings (SSSR count). The average Bonchev–Trinajstić information content (AvgIpc) is 2.60. The van der Waals surface area contributed by atoms with Crippen molar-refractivity contribution in [2.45, 2.75) is 6.54 Å². The summed E-state index contributed by atoms with van der Waals surface area (Å²) in [6.45, 7) is 0.275. The Kier molecular flexibility index (Phi) is 4.51. The van der Waals surface area contributed by atoms with Crippen LogP contribution in [0.2, 0.25) is 0 Å². The molecule has 5 N–H and O–H groups in total. The van der Waals surface area contributed by atoms with Gasteiger partial charge in [-0.1, -0.05) is 12.1 Å². The molecule has 0 radical (unpaired) electrons. The second-order valence-electron chi connectivity index (χ2n) is 5.42. The number of ether oxygens (including phenoxy) is 1. The van der Waals surface area contributed by atoms with Crippen LogP contribution in [0, 0.1) is 0 Å². The third kappa shape index (κ3) is 4.05. The maximum absolute atomic E-state index is 12.3. The molecule has 1 aliphatic heterocycles. The van der Waals surface area contributed by atoms with Crippen molar-refractivity contribution in [3.05, 3.63) is 53.6 Å². The number of urea groups is 1. The number of carbonyl (C=O) groups is 3. The first kappa shape index (κ1) is 16.3. The Morgan fingerprint density at radius 1 is 1.16 bits per heavy atom. The average molecular weight is 340 g/mol. The molecule has 0 aromatic heterocycles. The number of primary amides is 1. The summed E-state index contributed by atoms with van der Waals surface area (Å²) >= 11 is 0. The lowest BCUT2D eigenvalue weighted by molar-refractivity contribution is -0.118. The maximum atomic E-state index is 12.3. The quantitative estimate of drug-likeness (QED) is 0.672. The number of carbonyl (C=O) groups excluding carboxylic acids is 3. The summed E-state index contributed by atoms with van der Waals surface area (Å²) in [7, 11) is 0. The van der Waals surface area contributed by atoms with Gasteiger partial charge in [-0.15, -0.1) is 0 Å². The minimum absolute atomic E-state index is 0.0182. The molecular formula is C17H16N4O4. The predicted molar refractivity (Wildman–Crippen MR) is 91.4 cm³/mol. The fourth-order valence-corrected chi connectivity index (χ4v) is 2.33. The zero-order chi connectivity index (χ0) is 17.8. The largest absolute Gasteiger partial charge is 0.482 e. The second kappa shape index (κ2) is 6.91. The van der Waals surface area contributed by atoms with Crippen LogP contribution in [0.3, 0.4) is 0 Å². The Balaban J connectivity index is 1.67. The smallest absolute Gasteiger partial charge is 0.312 e. The van der Waals surface area contributed by atoms with Crippen molar-refractivity contribution >= 4 is 29.2 Å². The molecule has 1 heterocycles. The molecule has 8 nitrogen and oxygen atoms in total. The summed E-state index contributed by atoms with van der Waals surface area (Å²) in [5.74, 6) is 0.0254. The van der Waals surface area contributed by atoms with Gasteiger partial charge < -0.3 is 26.4 Å². The van der Waals surface area contributed by atoms with E-state index in [2.05, 4.69) is 16.0 Å². The third-order valence-corrected chi connectivity index (χ3v) is 3.55. The van der Waals surface area contributed by atoms with E-state index in [0.717, 1.165) is 5.56 Å². The van der Waals surface area contributed by atoms with Crippen LogP contribution < -0.4 is 26.4 Å². The number of benzene rings is 2. The molecule has 0 saturated carbocycles. The van der Waals surface area contributed by atoms with Gasteiger partial charge >= 0.3 is 6.03 Å². The molecule has 25 heavy (non-hydrogen) atoms. The molecule has 8 heteroatoms. The van der Waals surface area contributed by atoms with Gasteiger partial charge in [0.1, 0.15) is 5.75 Å². The predicted octanol–water partition coefficient (Wildman–Crippen LogP) is 1.44. The lowest BCUT2D eigenvalue weighted by Gasteiger charge is -2.18. The van der Waals surface area contributed by atoms with E-state index in [1.54, 1.807) is 42.5 Å². The van der Waals surface area contributed by atoms with E-state index in [1.165, 1.54) is 0 Å². The molecule has 0 bridgehead atoms. The van der Waals surface area contributed by atoms with Crippen LogP contribution in [0.25, 0.3) is 0 Å². The fraction of sp³-hybridized carbons (Fsp3) is 0.118. The zero-order valence-corrected chi connectivity index (χ0v) is 13.2. The first-order valence-corrected chi connectivity index (χ1v) is 7.51. The number of hydrogen-bond acceptors (Lipinski definition) is 4. The molecule has 0 aliphatic carbocycles. The molecule has 2 aromatic carbocycles. The maximum Gasteiger partial charge on any atom is 0.312 e. The highest BCUT2D eigenvalue weighted by molar-refractivity contribution is 6.05. The van der Waals surface area contributed by atoms with Gasteiger partial charge in [0.25, 0.3) is 11.8 Å². The van der Waals surface area contributed by atoms with Crippen molar-refractivity contribution in [3.8, 4) is 5.75 Å². The number of nitrogens with two attached hydrogens (primary N) is 1. The Morgan fingerprint density at radius 3 is 2.64 bits per heavy atom. The van der Waals surface area contributed by atoms with Crippen LogP contribution in [0.1, 0.15) is 15.9 Å². The lowest BCUT2D eigenvalue weighted by Crippen LogP contribution is -2.28. The Labute approximate surface area is 143 Å². The summed E-state index contributed by atoms with van der Waals surface area (Å²) in [6.07, 6.45) is 0. The molecule has 1 aliphatic rings. The van der Waals surface area contributed by atoms with Gasteiger partial charge in [0.15, 0.2) is 6.61 Å². The number of amides is 4. The summed E-state index contributed by atoms with van der Waals surface area (Å²) < 4.78 is 5.27. The van der Waals surface area contributed by atoms with Crippen molar-refractivity contribution in [2.24, 2.45) is 5.73 Å². The minimum Gasteiger partial charge on any atom is -0.482 e. The van der Waals surface area contributed by atoms with E-state index < -0.39 is 6.03 Å². The second-order valence-corrected chi connectivity index (χ2v) is 5.42. The van der Waals surface area contributed by atoms with Crippen LogP contribution >= 0.6 is 0 Å². The van der Waals surface area contributed by atoms with E-state index in [4.69, 9.17) is 10.5 Å².